The number of aromatic carboxylic acids is 1. The van der Waals surface area contributed by atoms with Crippen molar-refractivity contribution in [3.05, 3.63) is 29.8 Å². The zero-order valence-corrected chi connectivity index (χ0v) is 11.4. The van der Waals surface area contributed by atoms with E-state index in [1.807, 2.05) is 0 Å². The lowest BCUT2D eigenvalue weighted by Crippen LogP contribution is -2.36. The Kier molecular flexibility index (Phi) is 4.51. The average molecular weight is 282 g/mol. The smallest absolute Gasteiger partial charge is 0.337 e. The van der Waals surface area contributed by atoms with Crippen LogP contribution in [0, 0.1) is 11.3 Å². The van der Waals surface area contributed by atoms with Crippen LogP contribution in [0.4, 0.5) is 5.69 Å². The first kappa shape index (κ1) is 15.0. The Morgan fingerprint density at radius 2 is 2.05 bits per heavy atom. The number of hydrogen-bond donors (Lipinski definition) is 1. The number of carboxylic acids is 1. The summed E-state index contributed by atoms with van der Waals surface area (Å²) in [5.41, 5.74) is -0.0786. The number of carboxylic acid groups (broad SMARTS) is 1. The van der Waals surface area contributed by atoms with Gasteiger partial charge in [-0.25, -0.2) is 13.2 Å². The molecule has 0 bridgehead atoms. The molecule has 0 spiro atoms. The fourth-order valence-electron chi connectivity index (χ4n) is 1.63. The SMILES string of the molecule is CCC(C#N)S(=O)(=O)N(C)c1ccccc1C(=O)O. The number of para-hydroxylation sites is 1. The van der Waals surface area contributed by atoms with Crippen molar-refractivity contribution in [2.75, 3.05) is 11.4 Å². The van der Waals surface area contributed by atoms with Crippen molar-refractivity contribution in [3.8, 4) is 6.07 Å². The number of nitriles is 1. The van der Waals surface area contributed by atoms with E-state index in [9.17, 15) is 13.2 Å². The Morgan fingerprint density at radius 3 is 2.53 bits per heavy atom. The molecule has 0 amide bonds. The summed E-state index contributed by atoms with van der Waals surface area (Å²) in [5.74, 6) is -1.22. The van der Waals surface area contributed by atoms with Crippen LogP contribution < -0.4 is 4.31 Å². The molecule has 7 heteroatoms. The van der Waals surface area contributed by atoms with Gasteiger partial charge in [-0.2, -0.15) is 5.26 Å². The molecule has 102 valence electrons. The van der Waals surface area contributed by atoms with Crippen molar-refractivity contribution in [1.29, 1.82) is 5.26 Å². The number of hydrogen-bond acceptors (Lipinski definition) is 4. The molecule has 0 fully saturated rings. The van der Waals surface area contributed by atoms with Crippen LogP contribution in [0.15, 0.2) is 24.3 Å². The molecule has 19 heavy (non-hydrogen) atoms. The minimum atomic E-state index is -3.90. The Hall–Kier alpha value is -2.07. The van der Waals surface area contributed by atoms with Gasteiger partial charge in [-0.3, -0.25) is 4.31 Å². The van der Waals surface area contributed by atoms with Gasteiger partial charge in [0.2, 0.25) is 0 Å². The van der Waals surface area contributed by atoms with Gasteiger partial charge < -0.3 is 5.11 Å². The van der Waals surface area contributed by atoms with Crippen LogP contribution in [0.25, 0.3) is 0 Å². The van der Waals surface area contributed by atoms with Crippen molar-refractivity contribution in [1.82, 2.24) is 0 Å². The van der Waals surface area contributed by atoms with Gasteiger partial charge in [0.05, 0.1) is 17.3 Å². The molecule has 0 aliphatic heterocycles. The molecular formula is C12H14N2O4S. The summed E-state index contributed by atoms with van der Waals surface area (Å²) in [7, 11) is -2.65. The summed E-state index contributed by atoms with van der Waals surface area (Å²) in [6.45, 7) is 1.59. The van der Waals surface area contributed by atoms with Crippen LogP contribution in [-0.2, 0) is 10.0 Å². The van der Waals surface area contributed by atoms with Crippen molar-refractivity contribution >= 4 is 21.7 Å². The van der Waals surface area contributed by atoms with Crippen molar-refractivity contribution in [2.45, 2.75) is 18.6 Å². The average Bonchev–Trinajstić information content (AvgIpc) is 2.38. The van der Waals surface area contributed by atoms with E-state index in [2.05, 4.69) is 0 Å². The number of carbonyl (C=O) groups is 1. The number of benzene rings is 1. The van der Waals surface area contributed by atoms with Crippen LogP contribution in [0.2, 0.25) is 0 Å². The fraction of sp³-hybridized carbons (Fsp3) is 0.333. The van der Waals surface area contributed by atoms with Gasteiger partial charge in [0.15, 0.2) is 5.25 Å². The summed E-state index contributed by atoms with van der Waals surface area (Å²) in [6.07, 6.45) is 0.137. The summed E-state index contributed by atoms with van der Waals surface area (Å²) >= 11 is 0. The van der Waals surface area contributed by atoms with Gasteiger partial charge >= 0.3 is 5.97 Å². The Morgan fingerprint density at radius 1 is 1.47 bits per heavy atom. The quantitative estimate of drug-likeness (QED) is 0.881. The first-order valence-electron chi connectivity index (χ1n) is 5.56. The van der Waals surface area contributed by atoms with Crippen LogP contribution in [0.5, 0.6) is 0 Å². The topological polar surface area (TPSA) is 98.5 Å². The third-order valence-electron chi connectivity index (χ3n) is 2.73. The highest BCUT2D eigenvalue weighted by molar-refractivity contribution is 7.93. The molecule has 1 aromatic rings. The molecule has 0 saturated carbocycles. The van der Waals surface area contributed by atoms with Gasteiger partial charge in [-0.15, -0.1) is 0 Å². The van der Waals surface area contributed by atoms with Gasteiger partial charge in [-0.05, 0) is 18.6 Å². The van der Waals surface area contributed by atoms with E-state index in [-0.39, 0.29) is 17.7 Å². The molecule has 1 rings (SSSR count). The van der Waals surface area contributed by atoms with Gasteiger partial charge in [-0.1, -0.05) is 19.1 Å². The zero-order chi connectivity index (χ0) is 14.6. The zero-order valence-electron chi connectivity index (χ0n) is 10.6. The van der Waals surface area contributed by atoms with Gasteiger partial charge in [0.1, 0.15) is 0 Å². The number of nitrogens with zero attached hydrogens (tertiary/aromatic N) is 2. The highest BCUT2D eigenvalue weighted by atomic mass is 32.2. The number of rotatable bonds is 5. The first-order chi connectivity index (χ1) is 8.86. The molecule has 0 aliphatic carbocycles. The number of sulfonamides is 1. The van der Waals surface area contributed by atoms with E-state index in [0.717, 1.165) is 4.31 Å². The lowest BCUT2D eigenvalue weighted by Gasteiger charge is -2.23. The van der Waals surface area contributed by atoms with E-state index in [1.54, 1.807) is 19.1 Å². The van der Waals surface area contributed by atoms with Gasteiger partial charge in [0.25, 0.3) is 10.0 Å². The van der Waals surface area contributed by atoms with Crippen molar-refractivity contribution < 1.29 is 18.3 Å². The van der Waals surface area contributed by atoms with E-state index >= 15 is 0 Å². The summed E-state index contributed by atoms with van der Waals surface area (Å²) < 4.78 is 25.2. The second kappa shape index (κ2) is 5.71. The second-order valence-corrected chi connectivity index (χ2v) is 6.01. The maximum absolute atomic E-state index is 12.2. The Balaban J connectivity index is 3.33. The highest BCUT2D eigenvalue weighted by Crippen LogP contribution is 2.24. The number of anilines is 1. The third kappa shape index (κ3) is 2.85. The normalized spacial score (nSPS) is 12.5. The molecule has 0 heterocycles. The predicted molar refractivity (Wildman–Crippen MR) is 70.4 cm³/mol. The molecule has 1 atom stereocenters. The molecule has 0 aliphatic rings. The predicted octanol–water partition coefficient (Wildman–Crippen LogP) is 1.45. The van der Waals surface area contributed by atoms with Crippen LogP contribution >= 0.6 is 0 Å². The molecule has 6 nitrogen and oxygen atoms in total. The molecule has 1 N–H and O–H groups in total. The van der Waals surface area contributed by atoms with Crippen LogP contribution in [-0.4, -0.2) is 31.8 Å². The molecule has 0 saturated heterocycles. The Labute approximate surface area is 111 Å². The lowest BCUT2D eigenvalue weighted by molar-refractivity contribution is 0.0698. The summed E-state index contributed by atoms with van der Waals surface area (Å²) in [5, 5.41) is 16.7. The molecular weight excluding hydrogens is 268 g/mol. The summed E-state index contributed by atoms with van der Waals surface area (Å²) in [4.78, 5) is 11.1. The monoisotopic (exact) mass is 282 g/mol. The van der Waals surface area contributed by atoms with E-state index in [4.69, 9.17) is 10.4 Å². The maximum Gasteiger partial charge on any atom is 0.337 e. The summed E-state index contributed by atoms with van der Waals surface area (Å²) in [6, 6.07) is 7.48. The van der Waals surface area contributed by atoms with Crippen molar-refractivity contribution in [3.63, 3.8) is 0 Å². The molecule has 1 unspecified atom stereocenters. The molecule has 0 aromatic heterocycles. The highest BCUT2D eigenvalue weighted by Gasteiger charge is 2.30. The largest absolute Gasteiger partial charge is 0.478 e. The fourth-order valence-corrected chi connectivity index (χ4v) is 3.00. The first-order valence-corrected chi connectivity index (χ1v) is 7.06. The Bertz CT molecular complexity index is 619. The lowest BCUT2D eigenvalue weighted by atomic mass is 10.2. The maximum atomic E-state index is 12.2. The van der Waals surface area contributed by atoms with E-state index < -0.39 is 21.2 Å². The van der Waals surface area contributed by atoms with Crippen LogP contribution in [0.1, 0.15) is 23.7 Å². The van der Waals surface area contributed by atoms with Gasteiger partial charge in [0, 0.05) is 7.05 Å². The molecule has 1 aromatic carbocycles. The van der Waals surface area contributed by atoms with E-state index in [0.29, 0.717) is 0 Å². The van der Waals surface area contributed by atoms with Crippen LogP contribution in [0.3, 0.4) is 0 Å². The third-order valence-corrected chi connectivity index (χ3v) is 4.85. The minimum Gasteiger partial charge on any atom is -0.478 e. The van der Waals surface area contributed by atoms with E-state index in [1.165, 1.54) is 25.2 Å². The minimum absolute atomic E-state index is 0.0451. The second-order valence-electron chi connectivity index (χ2n) is 3.86. The molecule has 0 radical (unpaired) electrons. The van der Waals surface area contributed by atoms with Crippen molar-refractivity contribution in [2.24, 2.45) is 0 Å². The standard InChI is InChI=1S/C12H14N2O4S/c1-3-9(8-13)19(17,18)14(2)11-7-5-4-6-10(11)12(15)16/h4-7,9H,3H2,1-2H3,(H,15,16).